The minimum absolute atomic E-state index is 0.390. The van der Waals surface area contributed by atoms with Crippen LogP contribution in [0.4, 0.5) is 16.3 Å². The third kappa shape index (κ3) is 5.83. The van der Waals surface area contributed by atoms with Crippen molar-refractivity contribution < 1.29 is 9.53 Å². The third-order valence-corrected chi connectivity index (χ3v) is 2.92. The van der Waals surface area contributed by atoms with Crippen LogP contribution < -0.4 is 16.4 Å². The third-order valence-electron chi connectivity index (χ3n) is 2.92. The Hall–Kier alpha value is -1.92. The molecule has 4 N–H and O–H groups in total. The summed E-state index contributed by atoms with van der Waals surface area (Å²) in [5.41, 5.74) is 7.08. The van der Waals surface area contributed by atoms with E-state index in [-0.39, 0.29) is 6.09 Å². The van der Waals surface area contributed by atoms with Gasteiger partial charge in [-0.15, -0.1) is 0 Å². The Kier molecular flexibility index (Phi) is 6.52. The number of carbonyl (C=O) groups excluding carboxylic acids is 1. The molecule has 7 nitrogen and oxygen atoms in total. The molecular weight excluding hydrogens is 282 g/mol. The number of nitrogens with one attached hydrogen (secondary N) is 2. The summed E-state index contributed by atoms with van der Waals surface area (Å²) >= 11 is 0. The fourth-order valence-electron chi connectivity index (χ4n) is 1.96. The van der Waals surface area contributed by atoms with Gasteiger partial charge in [-0.2, -0.15) is 5.10 Å². The molecule has 1 aromatic rings. The summed E-state index contributed by atoms with van der Waals surface area (Å²) in [5, 5.41) is 10.4. The quantitative estimate of drug-likeness (QED) is 0.673. The van der Waals surface area contributed by atoms with E-state index < -0.39 is 5.60 Å². The average molecular weight is 311 g/mol. The van der Waals surface area contributed by atoms with E-state index in [9.17, 15) is 4.79 Å². The Balaban J connectivity index is 2.35. The Bertz CT molecular complexity index is 491. The van der Waals surface area contributed by atoms with Crippen molar-refractivity contribution in [2.24, 2.45) is 0 Å². The highest BCUT2D eigenvalue weighted by molar-refractivity contribution is 5.67. The Morgan fingerprint density at radius 2 is 2.05 bits per heavy atom. The van der Waals surface area contributed by atoms with Gasteiger partial charge in [-0.05, 0) is 40.5 Å². The van der Waals surface area contributed by atoms with Crippen LogP contribution in [0.15, 0.2) is 0 Å². The van der Waals surface area contributed by atoms with Gasteiger partial charge in [0.25, 0.3) is 0 Å². The van der Waals surface area contributed by atoms with Crippen molar-refractivity contribution in [2.45, 2.75) is 59.6 Å². The van der Waals surface area contributed by atoms with Crippen LogP contribution in [0.3, 0.4) is 0 Å². The Labute approximate surface area is 132 Å². The molecule has 7 heteroatoms. The minimum Gasteiger partial charge on any atom is -0.444 e. The summed E-state index contributed by atoms with van der Waals surface area (Å²) in [4.78, 5) is 11.5. The molecule has 1 amide bonds. The van der Waals surface area contributed by atoms with Crippen LogP contribution in [-0.2, 0) is 11.3 Å². The lowest BCUT2D eigenvalue weighted by molar-refractivity contribution is 0.0528. The normalized spacial score (nSPS) is 11.3. The van der Waals surface area contributed by atoms with Crippen LogP contribution in [0.1, 0.15) is 46.2 Å². The fourth-order valence-corrected chi connectivity index (χ4v) is 1.96. The average Bonchev–Trinajstić information content (AvgIpc) is 2.64. The van der Waals surface area contributed by atoms with Gasteiger partial charge < -0.3 is 21.1 Å². The summed E-state index contributed by atoms with van der Waals surface area (Å²) in [7, 11) is 0. The Morgan fingerprint density at radius 3 is 2.64 bits per heavy atom. The maximum absolute atomic E-state index is 11.5. The highest BCUT2D eigenvalue weighted by atomic mass is 16.6. The highest BCUT2D eigenvalue weighted by Gasteiger charge is 2.15. The summed E-state index contributed by atoms with van der Waals surface area (Å²) in [5.74, 6) is 0.858. The summed E-state index contributed by atoms with van der Waals surface area (Å²) < 4.78 is 7.07. The van der Waals surface area contributed by atoms with Gasteiger partial charge in [0.05, 0.1) is 11.4 Å². The second-order valence-corrected chi connectivity index (χ2v) is 6.28. The standard InChI is InChI=1S/C15H29N5O2/c1-6-10-20-13(12(16)11(2)19-20)17-8-7-9-18-14(21)22-15(3,4)5/h17H,6-10,16H2,1-5H3,(H,18,21). The first kappa shape index (κ1) is 18.1. The number of anilines is 2. The number of ether oxygens (including phenoxy) is 1. The van der Waals surface area contributed by atoms with Crippen LogP contribution in [0, 0.1) is 6.92 Å². The SMILES string of the molecule is CCCn1nc(C)c(N)c1NCCCNC(=O)OC(C)(C)C. The van der Waals surface area contributed by atoms with Crippen molar-refractivity contribution in [1.29, 1.82) is 0 Å². The fraction of sp³-hybridized carbons (Fsp3) is 0.733. The summed E-state index contributed by atoms with van der Waals surface area (Å²) in [6, 6.07) is 0. The monoisotopic (exact) mass is 311 g/mol. The molecule has 0 aliphatic rings. The zero-order valence-corrected chi connectivity index (χ0v) is 14.3. The number of rotatable bonds is 7. The van der Waals surface area contributed by atoms with Crippen molar-refractivity contribution in [2.75, 3.05) is 24.1 Å². The van der Waals surface area contributed by atoms with Crippen LogP contribution >= 0.6 is 0 Å². The molecule has 22 heavy (non-hydrogen) atoms. The molecule has 0 atom stereocenters. The number of aromatic nitrogens is 2. The molecule has 1 aromatic heterocycles. The van der Waals surface area contributed by atoms with E-state index in [4.69, 9.17) is 10.5 Å². The summed E-state index contributed by atoms with van der Waals surface area (Å²) in [6.45, 7) is 11.6. The van der Waals surface area contributed by atoms with Gasteiger partial charge in [-0.1, -0.05) is 6.92 Å². The molecule has 0 saturated carbocycles. The van der Waals surface area contributed by atoms with Crippen molar-refractivity contribution in [1.82, 2.24) is 15.1 Å². The molecular formula is C15H29N5O2. The van der Waals surface area contributed by atoms with E-state index in [1.54, 1.807) is 0 Å². The van der Waals surface area contributed by atoms with Crippen LogP contribution in [0.2, 0.25) is 0 Å². The van der Waals surface area contributed by atoms with Crippen LogP contribution in [-0.4, -0.2) is 34.6 Å². The number of aryl methyl sites for hydroxylation is 2. The Morgan fingerprint density at radius 1 is 1.36 bits per heavy atom. The molecule has 1 heterocycles. The predicted molar refractivity (Wildman–Crippen MR) is 89.0 cm³/mol. The number of nitrogens with two attached hydrogens (primary N) is 1. The molecule has 0 radical (unpaired) electrons. The van der Waals surface area contributed by atoms with Gasteiger partial charge >= 0.3 is 6.09 Å². The second-order valence-electron chi connectivity index (χ2n) is 6.28. The first-order valence-electron chi connectivity index (χ1n) is 7.78. The van der Waals surface area contributed by atoms with Crippen molar-refractivity contribution in [3.63, 3.8) is 0 Å². The van der Waals surface area contributed by atoms with E-state index in [0.29, 0.717) is 18.8 Å². The van der Waals surface area contributed by atoms with E-state index >= 15 is 0 Å². The molecule has 1 rings (SSSR count). The number of nitrogen functional groups attached to an aromatic ring is 1. The van der Waals surface area contributed by atoms with Gasteiger partial charge in [0.15, 0.2) is 0 Å². The van der Waals surface area contributed by atoms with E-state index in [2.05, 4.69) is 22.7 Å². The molecule has 0 aromatic carbocycles. The second kappa shape index (κ2) is 7.91. The predicted octanol–water partition coefficient (Wildman–Crippen LogP) is 2.51. The molecule has 0 unspecified atom stereocenters. The molecule has 0 spiro atoms. The highest BCUT2D eigenvalue weighted by Crippen LogP contribution is 2.22. The maximum Gasteiger partial charge on any atom is 0.407 e. The van der Waals surface area contributed by atoms with Gasteiger partial charge in [0, 0.05) is 19.6 Å². The van der Waals surface area contributed by atoms with Gasteiger partial charge in [-0.25, -0.2) is 9.48 Å². The molecule has 0 saturated heterocycles. The smallest absolute Gasteiger partial charge is 0.407 e. The molecule has 0 aliphatic carbocycles. The topological polar surface area (TPSA) is 94.2 Å². The van der Waals surface area contributed by atoms with E-state index in [0.717, 1.165) is 30.9 Å². The number of nitrogens with zero attached hydrogens (tertiary/aromatic N) is 2. The van der Waals surface area contributed by atoms with Crippen molar-refractivity contribution in [3.05, 3.63) is 5.69 Å². The largest absolute Gasteiger partial charge is 0.444 e. The lowest BCUT2D eigenvalue weighted by Gasteiger charge is -2.19. The van der Waals surface area contributed by atoms with Crippen molar-refractivity contribution >= 4 is 17.6 Å². The lowest BCUT2D eigenvalue weighted by Crippen LogP contribution is -2.33. The van der Waals surface area contributed by atoms with E-state index in [1.807, 2.05) is 32.4 Å². The molecule has 0 fully saturated rings. The van der Waals surface area contributed by atoms with E-state index in [1.165, 1.54) is 0 Å². The minimum atomic E-state index is -0.471. The molecule has 0 aliphatic heterocycles. The van der Waals surface area contributed by atoms with Gasteiger partial charge in [0.1, 0.15) is 11.4 Å². The van der Waals surface area contributed by atoms with Crippen molar-refractivity contribution in [3.8, 4) is 0 Å². The number of alkyl carbamates (subject to hydrolysis) is 1. The number of amides is 1. The zero-order valence-electron chi connectivity index (χ0n) is 14.3. The van der Waals surface area contributed by atoms with Gasteiger partial charge in [-0.3, -0.25) is 0 Å². The maximum atomic E-state index is 11.5. The first-order valence-corrected chi connectivity index (χ1v) is 7.78. The zero-order chi connectivity index (χ0) is 16.8. The van der Waals surface area contributed by atoms with Gasteiger partial charge in [0.2, 0.25) is 0 Å². The summed E-state index contributed by atoms with van der Waals surface area (Å²) in [6.07, 6.45) is 1.38. The number of hydrogen-bond donors (Lipinski definition) is 3. The van der Waals surface area contributed by atoms with Crippen LogP contribution in [0.5, 0.6) is 0 Å². The first-order chi connectivity index (χ1) is 10.2. The molecule has 126 valence electrons. The van der Waals surface area contributed by atoms with Crippen LogP contribution in [0.25, 0.3) is 0 Å². The lowest BCUT2D eigenvalue weighted by atomic mass is 10.2. The number of hydrogen-bond acceptors (Lipinski definition) is 5. The molecule has 0 bridgehead atoms. The number of carbonyl (C=O) groups is 1.